The van der Waals surface area contributed by atoms with E-state index in [-0.39, 0.29) is 11.3 Å². The summed E-state index contributed by atoms with van der Waals surface area (Å²) in [6, 6.07) is 21.1. The van der Waals surface area contributed by atoms with Crippen LogP contribution in [-0.2, 0) is 4.79 Å². The van der Waals surface area contributed by atoms with E-state index in [1.807, 2.05) is 30.3 Å². The van der Waals surface area contributed by atoms with Crippen molar-refractivity contribution < 1.29 is 19.2 Å². The highest BCUT2D eigenvalue weighted by Gasteiger charge is 2.08. The number of esters is 1. The number of hydrogen-bond acceptors (Lipinski definition) is 6. The van der Waals surface area contributed by atoms with Crippen molar-refractivity contribution >= 4 is 29.9 Å². The van der Waals surface area contributed by atoms with Crippen molar-refractivity contribution in [1.29, 1.82) is 0 Å². The van der Waals surface area contributed by atoms with Gasteiger partial charge in [-0.3, -0.25) is 14.9 Å². The summed E-state index contributed by atoms with van der Waals surface area (Å²) in [6.45, 7) is 0. The Kier molecular flexibility index (Phi) is 6.99. The Bertz CT molecular complexity index is 1120. The lowest BCUT2D eigenvalue weighted by atomic mass is 10.2. The molecule has 154 valence electrons. The van der Waals surface area contributed by atoms with E-state index in [4.69, 9.17) is 4.74 Å². The molecule has 0 radical (unpaired) electrons. The number of non-ortho nitro benzene ring substituents is 1. The summed E-state index contributed by atoms with van der Waals surface area (Å²) >= 11 is 0. The lowest BCUT2D eigenvalue weighted by Crippen LogP contribution is -2.17. The number of hydrazone groups is 1. The second kappa shape index (κ2) is 10.3. The van der Waals surface area contributed by atoms with Crippen molar-refractivity contribution in [3.05, 3.63) is 112 Å². The molecule has 8 heteroatoms. The molecule has 3 aromatic carbocycles. The van der Waals surface area contributed by atoms with Gasteiger partial charge in [-0.2, -0.15) is 5.10 Å². The predicted molar refractivity (Wildman–Crippen MR) is 116 cm³/mol. The van der Waals surface area contributed by atoms with Crippen molar-refractivity contribution in [3.63, 3.8) is 0 Å². The topological polar surface area (TPSA) is 111 Å². The molecule has 3 rings (SSSR count). The summed E-state index contributed by atoms with van der Waals surface area (Å²) in [5.41, 5.74) is 4.05. The minimum absolute atomic E-state index is 0.101. The number of amides is 1. The third-order valence-electron chi connectivity index (χ3n) is 4.03. The molecule has 0 aliphatic rings. The Morgan fingerprint density at radius 3 is 2.23 bits per heavy atom. The van der Waals surface area contributed by atoms with Gasteiger partial charge in [0.15, 0.2) is 0 Å². The SMILES string of the molecule is O=C(/C=C/c1ccccc1)Oc1ccc(/C=N\NC(=O)c2ccc([N+](=O)[O-])cc2)cc1. The van der Waals surface area contributed by atoms with Crippen molar-refractivity contribution in [1.82, 2.24) is 5.43 Å². The maximum absolute atomic E-state index is 12.0. The molecule has 0 saturated heterocycles. The zero-order valence-corrected chi connectivity index (χ0v) is 16.2. The highest BCUT2D eigenvalue weighted by molar-refractivity contribution is 5.95. The summed E-state index contributed by atoms with van der Waals surface area (Å²) < 4.78 is 5.23. The number of nitrogens with zero attached hydrogens (tertiary/aromatic N) is 2. The highest BCUT2D eigenvalue weighted by Crippen LogP contribution is 2.13. The van der Waals surface area contributed by atoms with E-state index in [0.717, 1.165) is 5.56 Å². The van der Waals surface area contributed by atoms with Gasteiger partial charge < -0.3 is 4.74 Å². The third kappa shape index (κ3) is 6.47. The molecule has 3 aromatic rings. The summed E-state index contributed by atoms with van der Waals surface area (Å²) in [5, 5.41) is 14.5. The fourth-order valence-corrected chi connectivity index (χ4v) is 2.47. The van der Waals surface area contributed by atoms with Gasteiger partial charge in [0, 0.05) is 23.8 Å². The second-order valence-corrected chi connectivity index (χ2v) is 6.24. The van der Waals surface area contributed by atoms with E-state index < -0.39 is 16.8 Å². The minimum Gasteiger partial charge on any atom is -0.423 e. The average Bonchev–Trinajstić information content (AvgIpc) is 2.79. The van der Waals surface area contributed by atoms with E-state index >= 15 is 0 Å². The van der Waals surface area contributed by atoms with E-state index in [2.05, 4.69) is 10.5 Å². The van der Waals surface area contributed by atoms with Crippen LogP contribution in [-0.4, -0.2) is 23.0 Å². The number of carbonyl (C=O) groups is 2. The molecule has 0 aromatic heterocycles. The van der Waals surface area contributed by atoms with Gasteiger partial charge in [0.2, 0.25) is 0 Å². The fourth-order valence-electron chi connectivity index (χ4n) is 2.47. The molecular weight excluding hydrogens is 398 g/mol. The van der Waals surface area contributed by atoms with Crippen molar-refractivity contribution in [3.8, 4) is 5.75 Å². The molecule has 0 unspecified atom stereocenters. The van der Waals surface area contributed by atoms with Gasteiger partial charge in [-0.25, -0.2) is 10.2 Å². The Morgan fingerprint density at radius 1 is 0.903 bits per heavy atom. The zero-order valence-electron chi connectivity index (χ0n) is 16.2. The van der Waals surface area contributed by atoms with Crippen LogP contribution in [0.3, 0.4) is 0 Å². The fraction of sp³-hybridized carbons (Fsp3) is 0. The van der Waals surface area contributed by atoms with Crippen LogP contribution in [0.25, 0.3) is 6.08 Å². The normalized spacial score (nSPS) is 10.8. The van der Waals surface area contributed by atoms with Crippen LogP contribution in [0.2, 0.25) is 0 Å². The monoisotopic (exact) mass is 415 g/mol. The molecular formula is C23H17N3O5. The molecule has 0 aliphatic carbocycles. The van der Waals surface area contributed by atoms with Crippen LogP contribution in [0.1, 0.15) is 21.5 Å². The molecule has 0 aliphatic heterocycles. The van der Waals surface area contributed by atoms with Gasteiger partial charge in [-0.15, -0.1) is 0 Å². The van der Waals surface area contributed by atoms with E-state index in [0.29, 0.717) is 11.3 Å². The maximum Gasteiger partial charge on any atom is 0.336 e. The largest absolute Gasteiger partial charge is 0.423 e. The van der Waals surface area contributed by atoms with Gasteiger partial charge in [0.1, 0.15) is 5.75 Å². The number of nitrogens with one attached hydrogen (secondary N) is 1. The van der Waals surface area contributed by atoms with Crippen LogP contribution in [0.15, 0.2) is 90.0 Å². The zero-order chi connectivity index (χ0) is 22.1. The van der Waals surface area contributed by atoms with Gasteiger partial charge in [-0.05, 0) is 53.6 Å². The smallest absolute Gasteiger partial charge is 0.336 e. The van der Waals surface area contributed by atoms with Gasteiger partial charge in [0.05, 0.1) is 11.1 Å². The molecule has 0 bridgehead atoms. The standard InChI is InChI=1S/C23H17N3O5/c27-22(15-8-17-4-2-1-3-5-17)31-21-13-6-18(7-14-21)16-24-25-23(28)19-9-11-20(12-10-19)26(29)30/h1-16H,(H,25,28)/b15-8+,24-16-. The van der Waals surface area contributed by atoms with Crippen molar-refractivity contribution in [2.24, 2.45) is 5.10 Å². The number of benzene rings is 3. The Balaban J connectivity index is 1.51. The quantitative estimate of drug-likeness (QED) is 0.157. The maximum atomic E-state index is 12.0. The van der Waals surface area contributed by atoms with Crippen molar-refractivity contribution in [2.75, 3.05) is 0 Å². The number of rotatable bonds is 7. The van der Waals surface area contributed by atoms with Gasteiger partial charge >= 0.3 is 5.97 Å². The molecule has 0 fully saturated rings. The van der Waals surface area contributed by atoms with Crippen molar-refractivity contribution in [2.45, 2.75) is 0 Å². The van der Waals surface area contributed by atoms with E-state index in [1.165, 1.54) is 36.6 Å². The third-order valence-corrected chi connectivity index (χ3v) is 4.03. The van der Waals surface area contributed by atoms with Crippen LogP contribution < -0.4 is 10.2 Å². The lowest BCUT2D eigenvalue weighted by Gasteiger charge is -2.02. The molecule has 1 amide bonds. The molecule has 0 heterocycles. The summed E-state index contributed by atoms with van der Waals surface area (Å²) in [7, 11) is 0. The van der Waals surface area contributed by atoms with E-state index in [1.54, 1.807) is 30.3 Å². The van der Waals surface area contributed by atoms with Crippen LogP contribution >= 0.6 is 0 Å². The van der Waals surface area contributed by atoms with Crippen LogP contribution in [0.5, 0.6) is 5.75 Å². The number of ether oxygens (including phenoxy) is 1. The summed E-state index contributed by atoms with van der Waals surface area (Å²) in [5.74, 6) is -0.627. The summed E-state index contributed by atoms with van der Waals surface area (Å²) in [6.07, 6.45) is 4.43. The predicted octanol–water partition coefficient (Wildman–Crippen LogP) is 3.98. The molecule has 0 saturated carbocycles. The highest BCUT2D eigenvalue weighted by atomic mass is 16.6. The number of hydrogen-bond donors (Lipinski definition) is 1. The minimum atomic E-state index is -0.541. The lowest BCUT2D eigenvalue weighted by molar-refractivity contribution is -0.384. The second-order valence-electron chi connectivity index (χ2n) is 6.24. The first kappa shape index (κ1) is 21.1. The average molecular weight is 415 g/mol. The number of nitro groups is 1. The molecule has 31 heavy (non-hydrogen) atoms. The number of nitro benzene ring substituents is 1. The Morgan fingerprint density at radius 2 is 1.58 bits per heavy atom. The first-order valence-electron chi connectivity index (χ1n) is 9.14. The molecule has 8 nitrogen and oxygen atoms in total. The van der Waals surface area contributed by atoms with Gasteiger partial charge in [-0.1, -0.05) is 30.3 Å². The first-order chi connectivity index (χ1) is 15.0. The summed E-state index contributed by atoms with van der Waals surface area (Å²) in [4.78, 5) is 34.0. The Hall–Kier alpha value is -4.59. The van der Waals surface area contributed by atoms with Crippen LogP contribution in [0, 0.1) is 10.1 Å². The molecule has 1 N–H and O–H groups in total. The van der Waals surface area contributed by atoms with E-state index in [9.17, 15) is 19.7 Å². The molecule has 0 spiro atoms. The molecule has 0 atom stereocenters. The number of carbonyl (C=O) groups excluding carboxylic acids is 2. The van der Waals surface area contributed by atoms with Gasteiger partial charge in [0.25, 0.3) is 11.6 Å². The van der Waals surface area contributed by atoms with Crippen LogP contribution in [0.4, 0.5) is 5.69 Å². The Labute approximate surface area is 177 Å². The first-order valence-corrected chi connectivity index (χ1v) is 9.14.